The Bertz CT molecular complexity index is 748. The predicted octanol–water partition coefficient (Wildman–Crippen LogP) is 4.64. The molecule has 0 aromatic heterocycles. The lowest BCUT2D eigenvalue weighted by molar-refractivity contribution is -0.121. The van der Waals surface area contributed by atoms with Crippen molar-refractivity contribution in [3.63, 3.8) is 0 Å². The summed E-state index contributed by atoms with van der Waals surface area (Å²) in [5.41, 5.74) is 2.78. The molecular weight excluding hydrogens is 339 g/mol. The highest BCUT2D eigenvalue weighted by molar-refractivity contribution is 6.31. The molecule has 1 atom stereocenters. The van der Waals surface area contributed by atoms with E-state index in [0.717, 1.165) is 42.7 Å². The zero-order chi connectivity index (χ0) is 17.8. The quantitative estimate of drug-likeness (QED) is 0.861. The summed E-state index contributed by atoms with van der Waals surface area (Å²) < 4.78 is 13.0. The maximum Gasteiger partial charge on any atom is 0.228 e. The first-order valence-corrected chi connectivity index (χ1v) is 8.93. The number of benzene rings is 2. The van der Waals surface area contributed by atoms with Crippen LogP contribution < -0.4 is 5.32 Å². The Hall–Kier alpha value is -1.91. The summed E-state index contributed by atoms with van der Waals surface area (Å²) in [6.07, 6.45) is 1.86. The Balaban J connectivity index is 1.59. The van der Waals surface area contributed by atoms with Crippen molar-refractivity contribution in [2.45, 2.75) is 26.3 Å². The highest BCUT2D eigenvalue weighted by atomic mass is 35.5. The lowest BCUT2D eigenvalue weighted by atomic mass is 9.96. The molecule has 1 amide bonds. The number of hydrogen-bond acceptors (Lipinski definition) is 2. The van der Waals surface area contributed by atoms with Crippen molar-refractivity contribution in [3.8, 4) is 0 Å². The van der Waals surface area contributed by atoms with Gasteiger partial charge in [0, 0.05) is 23.8 Å². The van der Waals surface area contributed by atoms with Crippen molar-refractivity contribution in [3.05, 3.63) is 64.4 Å². The van der Waals surface area contributed by atoms with Gasteiger partial charge >= 0.3 is 0 Å². The van der Waals surface area contributed by atoms with Crippen molar-refractivity contribution in [2.75, 3.05) is 18.4 Å². The number of hydrogen-bond donors (Lipinski definition) is 1. The van der Waals surface area contributed by atoms with E-state index in [2.05, 4.69) is 10.2 Å². The molecule has 1 heterocycles. The highest BCUT2D eigenvalue weighted by Gasteiger charge is 2.26. The van der Waals surface area contributed by atoms with Crippen LogP contribution in [-0.2, 0) is 11.3 Å². The van der Waals surface area contributed by atoms with Gasteiger partial charge in [-0.15, -0.1) is 0 Å². The maximum absolute atomic E-state index is 13.0. The monoisotopic (exact) mass is 360 g/mol. The standard InChI is InChI=1S/C20H22ClFN2O/c1-14-4-9-18(11-19(14)21)23-20(25)16-3-2-10-24(13-16)12-15-5-7-17(22)8-6-15/h4-9,11,16H,2-3,10,12-13H2,1H3,(H,23,25)/t16-/m1/s1. The molecule has 2 aromatic carbocycles. The van der Waals surface area contributed by atoms with E-state index >= 15 is 0 Å². The molecular formula is C20H22ClFN2O. The van der Waals surface area contributed by atoms with Crippen LogP contribution in [0.2, 0.25) is 5.02 Å². The molecule has 0 radical (unpaired) electrons. The smallest absolute Gasteiger partial charge is 0.228 e. The van der Waals surface area contributed by atoms with E-state index in [1.807, 2.05) is 19.1 Å². The summed E-state index contributed by atoms with van der Waals surface area (Å²) in [5, 5.41) is 3.62. The summed E-state index contributed by atoms with van der Waals surface area (Å²) in [6.45, 7) is 4.34. The van der Waals surface area contributed by atoms with Crippen LogP contribution in [0.15, 0.2) is 42.5 Å². The molecule has 1 fully saturated rings. The van der Waals surface area contributed by atoms with Crippen LogP contribution in [0.4, 0.5) is 10.1 Å². The zero-order valence-electron chi connectivity index (χ0n) is 14.3. The number of rotatable bonds is 4. The Morgan fingerprint density at radius 3 is 2.76 bits per heavy atom. The summed E-state index contributed by atoms with van der Waals surface area (Å²) >= 11 is 6.12. The van der Waals surface area contributed by atoms with Crippen LogP contribution in [0, 0.1) is 18.7 Å². The third-order valence-electron chi connectivity index (χ3n) is 4.64. The van der Waals surface area contributed by atoms with E-state index in [9.17, 15) is 9.18 Å². The zero-order valence-corrected chi connectivity index (χ0v) is 15.0. The number of piperidine rings is 1. The minimum absolute atomic E-state index is 0.0312. The van der Waals surface area contributed by atoms with Gasteiger partial charge in [0.2, 0.25) is 5.91 Å². The van der Waals surface area contributed by atoms with Crippen molar-refractivity contribution in [1.29, 1.82) is 0 Å². The first-order valence-electron chi connectivity index (χ1n) is 8.55. The van der Waals surface area contributed by atoms with Gasteiger partial charge < -0.3 is 5.32 Å². The molecule has 0 aliphatic carbocycles. The number of nitrogens with zero attached hydrogens (tertiary/aromatic N) is 1. The number of carbonyl (C=O) groups is 1. The van der Waals surface area contributed by atoms with Gasteiger partial charge in [-0.25, -0.2) is 4.39 Å². The fourth-order valence-corrected chi connectivity index (χ4v) is 3.36. The number of aryl methyl sites for hydroxylation is 1. The van der Waals surface area contributed by atoms with Crippen LogP contribution in [0.1, 0.15) is 24.0 Å². The van der Waals surface area contributed by atoms with Gasteiger partial charge in [0.15, 0.2) is 0 Å². The molecule has 1 aliphatic rings. The summed E-state index contributed by atoms with van der Waals surface area (Å²) in [6, 6.07) is 12.1. The summed E-state index contributed by atoms with van der Waals surface area (Å²) in [7, 11) is 0. The largest absolute Gasteiger partial charge is 0.326 e. The van der Waals surface area contributed by atoms with Crippen molar-refractivity contribution in [1.82, 2.24) is 4.90 Å². The molecule has 0 unspecified atom stereocenters. The molecule has 1 saturated heterocycles. The van der Waals surface area contributed by atoms with Crippen molar-refractivity contribution >= 4 is 23.2 Å². The van der Waals surface area contributed by atoms with Crippen molar-refractivity contribution < 1.29 is 9.18 Å². The van der Waals surface area contributed by atoms with Gasteiger partial charge in [0.1, 0.15) is 5.82 Å². The molecule has 1 N–H and O–H groups in total. The molecule has 5 heteroatoms. The van der Waals surface area contributed by atoms with Gasteiger partial charge in [-0.3, -0.25) is 9.69 Å². The summed E-state index contributed by atoms with van der Waals surface area (Å²) in [5.74, 6) is -0.241. The minimum Gasteiger partial charge on any atom is -0.326 e. The average Bonchev–Trinajstić information content (AvgIpc) is 2.60. The minimum atomic E-state index is -0.226. The van der Waals surface area contributed by atoms with E-state index in [1.54, 1.807) is 18.2 Å². The van der Waals surface area contributed by atoms with Crippen molar-refractivity contribution in [2.24, 2.45) is 5.92 Å². The van der Waals surface area contributed by atoms with E-state index < -0.39 is 0 Å². The Kier molecular flexibility index (Phi) is 5.71. The third-order valence-corrected chi connectivity index (χ3v) is 5.04. The molecule has 25 heavy (non-hydrogen) atoms. The second kappa shape index (κ2) is 7.98. The second-order valence-electron chi connectivity index (χ2n) is 6.65. The molecule has 132 valence electrons. The number of amides is 1. The number of nitrogens with one attached hydrogen (secondary N) is 1. The Morgan fingerprint density at radius 2 is 2.04 bits per heavy atom. The average molecular weight is 361 g/mol. The summed E-state index contributed by atoms with van der Waals surface area (Å²) in [4.78, 5) is 14.8. The molecule has 0 saturated carbocycles. The van der Waals surface area contributed by atoms with Gasteiger partial charge in [-0.2, -0.15) is 0 Å². The van der Waals surface area contributed by atoms with Crippen LogP contribution in [0.25, 0.3) is 0 Å². The lowest BCUT2D eigenvalue weighted by Gasteiger charge is -2.32. The first-order chi connectivity index (χ1) is 12.0. The van der Waals surface area contributed by atoms with Crippen LogP contribution in [-0.4, -0.2) is 23.9 Å². The number of anilines is 1. The molecule has 3 nitrogen and oxygen atoms in total. The van der Waals surface area contributed by atoms with E-state index in [-0.39, 0.29) is 17.6 Å². The first kappa shape index (κ1) is 17.9. The van der Waals surface area contributed by atoms with Gasteiger partial charge in [-0.1, -0.05) is 29.8 Å². The molecule has 1 aliphatic heterocycles. The Morgan fingerprint density at radius 1 is 1.28 bits per heavy atom. The third kappa shape index (κ3) is 4.80. The maximum atomic E-state index is 13.0. The van der Waals surface area contributed by atoms with E-state index in [1.165, 1.54) is 12.1 Å². The highest BCUT2D eigenvalue weighted by Crippen LogP contribution is 2.23. The second-order valence-corrected chi connectivity index (χ2v) is 7.06. The van der Waals surface area contributed by atoms with Crippen LogP contribution in [0.3, 0.4) is 0 Å². The van der Waals surface area contributed by atoms with Crippen LogP contribution >= 0.6 is 11.6 Å². The fourth-order valence-electron chi connectivity index (χ4n) is 3.18. The van der Waals surface area contributed by atoms with Gasteiger partial charge in [-0.05, 0) is 61.7 Å². The molecule has 0 spiro atoms. The topological polar surface area (TPSA) is 32.3 Å². The van der Waals surface area contributed by atoms with Gasteiger partial charge in [0.05, 0.1) is 5.92 Å². The SMILES string of the molecule is Cc1ccc(NC(=O)[C@@H]2CCCN(Cc3ccc(F)cc3)C2)cc1Cl. The number of carbonyl (C=O) groups excluding carboxylic acids is 1. The number of likely N-dealkylation sites (tertiary alicyclic amines) is 1. The van der Waals surface area contributed by atoms with E-state index in [0.29, 0.717) is 11.6 Å². The lowest BCUT2D eigenvalue weighted by Crippen LogP contribution is -2.40. The Labute approximate surface area is 152 Å². The molecule has 3 rings (SSSR count). The predicted molar refractivity (Wildman–Crippen MR) is 99.2 cm³/mol. The molecule has 2 aromatic rings. The normalized spacial score (nSPS) is 18.1. The van der Waals surface area contributed by atoms with Crippen LogP contribution in [0.5, 0.6) is 0 Å². The molecule has 0 bridgehead atoms. The fraction of sp³-hybridized carbons (Fsp3) is 0.350. The number of halogens is 2. The van der Waals surface area contributed by atoms with Gasteiger partial charge in [0.25, 0.3) is 0 Å². The van der Waals surface area contributed by atoms with E-state index in [4.69, 9.17) is 11.6 Å².